The molecule has 3 aromatic rings. The first-order valence-corrected chi connectivity index (χ1v) is 15.1. The van der Waals surface area contributed by atoms with Gasteiger partial charge in [0.15, 0.2) is 9.84 Å². The van der Waals surface area contributed by atoms with Crippen LogP contribution in [0.15, 0.2) is 60.7 Å². The van der Waals surface area contributed by atoms with Gasteiger partial charge in [-0.2, -0.15) is 0 Å². The van der Waals surface area contributed by atoms with Crippen LogP contribution >= 0.6 is 0 Å². The number of benzene rings is 3. The maximum Gasteiger partial charge on any atom is 0.150 e. The smallest absolute Gasteiger partial charge is 0.150 e. The molecule has 1 aliphatic heterocycles. The minimum absolute atomic E-state index is 0.199. The van der Waals surface area contributed by atoms with E-state index in [4.69, 9.17) is 9.47 Å². The number of nitrogens with zero attached hydrogens (tertiary/aromatic N) is 1. The largest absolute Gasteiger partial charge is 0.508 e. The normalized spacial score (nSPS) is 18.9. The van der Waals surface area contributed by atoms with Crippen LogP contribution in [0.25, 0.3) is 16.3 Å². The maximum atomic E-state index is 12.0. The summed E-state index contributed by atoms with van der Waals surface area (Å²) < 4.78 is 36.5. The molecule has 0 radical (unpaired) electrons. The number of phenolic OH excluding ortho intramolecular Hbond substituents is 1. The van der Waals surface area contributed by atoms with Crippen molar-refractivity contribution in [3.05, 3.63) is 66.2 Å². The summed E-state index contributed by atoms with van der Waals surface area (Å²) in [6.07, 6.45) is 9.00. The Morgan fingerprint density at radius 1 is 0.973 bits per heavy atom. The van der Waals surface area contributed by atoms with E-state index >= 15 is 0 Å². The lowest BCUT2D eigenvalue weighted by Crippen LogP contribution is -2.33. The number of piperidine rings is 1. The van der Waals surface area contributed by atoms with Gasteiger partial charge in [0.25, 0.3) is 0 Å². The standard InChI is InChI=1S/C30H35NO5S/c1-37(33,34)27-13-5-22(6-14-27)28-15-7-23-21-24(32)8-16-29(23)30(28)36-26-11-9-25(10-12-26)35-20-19-31-17-3-2-4-18-31/h5,7-12,15-16,21,27,32H,2-4,6,13-14,17-20H2,1H3/t27-/m0/s1. The van der Waals surface area contributed by atoms with Crippen molar-refractivity contribution in [2.45, 2.75) is 43.8 Å². The summed E-state index contributed by atoms with van der Waals surface area (Å²) in [5, 5.41) is 11.4. The second-order valence-electron chi connectivity index (χ2n) is 10.1. The highest BCUT2D eigenvalue weighted by molar-refractivity contribution is 7.91. The fourth-order valence-corrected chi connectivity index (χ4v) is 6.28. The third-order valence-corrected chi connectivity index (χ3v) is 9.08. The number of likely N-dealkylation sites (tertiary alicyclic amines) is 1. The van der Waals surface area contributed by atoms with Crippen LogP contribution in [0.4, 0.5) is 0 Å². The number of hydrogen-bond acceptors (Lipinski definition) is 6. The summed E-state index contributed by atoms with van der Waals surface area (Å²) in [6.45, 7) is 3.93. The lowest BCUT2D eigenvalue weighted by molar-refractivity contribution is 0.183. The molecule has 37 heavy (non-hydrogen) atoms. The van der Waals surface area contributed by atoms with E-state index in [1.54, 1.807) is 12.1 Å². The summed E-state index contributed by atoms with van der Waals surface area (Å²) in [4.78, 5) is 2.46. The molecule has 0 saturated carbocycles. The van der Waals surface area contributed by atoms with Gasteiger partial charge < -0.3 is 14.6 Å². The highest BCUT2D eigenvalue weighted by Gasteiger charge is 2.25. The van der Waals surface area contributed by atoms with Crippen LogP contribution in [0.3, 0.4) is 0 Å². The molecule has 1 saturated heterocycles. The Kier molecular flexibility index (Phi) is 7.72. The molecule has 2 aliphatic rings. The molecule has 0 unspecified atom stereocenters. The molecule has 0 spiro atoms. The highest BCUT2D eigenvalue weighted by atomic mass is 32.2. The average Bonchev–Trinajstić information content (AvgIpc) is 2.90. The van der Waals surface area contributed by atoms with E-state index in [1.165, 1.54) is 25.5 Å². The van der Waals surface area contributed by atoms with E-state index in [9.17, 15) is 13.5 Å². The van der Waals surface area contributed by atoms with E-state index < -0.39 is 9.84 Å². The Hall–Kier alpha value is -3.03. The number of sulfone groups is 1. The zero-order valence-electron chi connectivity index (χ0n) is 21.4. The molecular weight excluding hydrogens is 486 g/mol. The number of fused-ring (bicyclic) bond motifs is 1. The fraction of sp³-hybridized carbons (Fsp3) is 0.400. The number of rotatable bonds is 8. The molecule has 5 rings (SSSR count). The molecule has 1 N–H and O–H groups in total. The average molecular weight is 522 g/mol. The molecule has 0 amide bonds. The van der Waals surface area contributed by atoms with Crippen molar-refractivity contribution in [1.29, 1.82) is 0 Å². The van der Waals surface area contributed by atoms with Crippen LogP contribution in [-0.2, 0) is 9.84 Å². The molecule has 1 fully saturated rings. The Bertz CT molecular complexity index is 1380. The summed E-state index contributed by atoms with van der Waals surface area (Å²) in [5.74, 6) is 2.41. The molecule has 7 heteroatoms. The number of phenols is 1. The Balaban J connectivity index is 1.35. The summed E-state index contributed by atoms with van der Waals surface area (Å²) in [6, 6.07) is 16.9. The number of hydrogen-bond donors (Lipinski definition) is 1. The van der Waals surface area contributed by atoms with Crippen molar-refractivity contribution in [3.63, 3.8) is 0 Å². The quantitative estimate of drug-likeness (QED) is 0.381. The second kappa shape index (κ2) is 11.2. The Labute approximate surface area is 219 Å². The van der Waals surface area contributed by atoms with E-state index in [0.29, 0.717) is 37.4 Å². The van der Waals surface area contributed by atoms with Gasteiger partial charge in [-0.3, -0.25) is 4.90 Å². The van der Waals surface area contributed by atoms with Crippen LogP contribution in [0, 0.1) is 0 Å². The van der Waals surface area contributed by atoms with Crippen LogP contribution < -0.4 is 9.47 Å². The second-order valence-corrected chi connectivity index (χ2v) is 12.5. The number of allylic oxidation sites excluding steroid dienone is 2. The van der Waals surface area contributed by atoms with Gasteiger partial charge in [-0.15, -0.1) is 0 Å². The minimum Gasteiger partial charge on any atom is -0.508 e. The molecule has 1 atom stereocenters. The summed E-state index contributed by atoms with van der Waals surface area (Å²) >= 11 is 0. The lowest BCUT2D eigenvalue weighted by Gasteiger charge is -2.26. The van der Waals surface area contributed by atoms with Gasteiger partial charge in [0.2, 0.25) is 0 Å². The number of aromatic hydroxyl groups is 1. The molecule has 0 aromatic heterocycles. The van der Waals surface area contributed by atoms with Crippen LogP contribution in [0.5, 0.6) is 23.0 Å². The van der Waals surface area contributed by atoms with Crippen LogP contribution in [0.1, 0.15) is 44.1 Å². The molecule has 196 valence electrons. The first-order valence-electron chi connectivity index (χ1n) is 13.1. The molecule has 6 nitrogen and oxygen atoms in total. The first-order chi connectivity index (χ1) is 17.9. The monoisotopic (exact) mass is 521 g/mol. The van der Waals surface area contributed by atoms with Crippen LogP contribution in [0.2, 0.25) is 0 Å². The van der Waals surface area contributed by atoms with Crippen molar-refractivity contribution in [1.82, 2.24) is 4.90 Å². The first kappa shape index (κ1) is 25.6. The van der Waals surface area contributed by atoms with Crippen molar-refractivity contribution < 1.29 is 23.0 Å². The van der Waals surface area contributed by atoms with Gasteiger partial charge in [0.05, 0.1) is 5.25 Å². The van der Waals surface area contributed by atoms with Crippen molar-refractivity contribution in [2.24, 2.45) is 0 Å². The van der Waals surface area contributed by atoms with Gasteiger partial charge >= 0.3 is 0 Å². The van der Waals surface area contributed by atoms with E-state index in [1.807, 2.05) is 48.5 Å². The predicted octanol–water partition coefficient (Wildman–Crippen LogP) is 6.18. The van der Waals surface area contributed by atoms with E-state index in [0.717, 1.165) is 47.3 Å². The summed E-state index contributed by atoms with van der Waals surface area (Å²) in [5.41, 5.74) is 2.04. The van der Waals surface area contributed by atoms with E-state index in [2.05, 4.69) is 4.90 Å². The lowest BCUT2D eigenvalue weighted by atomic mass is 9.91. The van der Waals surface area contributed by atoms with E-state index in [-0.39, 0.29) is 11.0 Å². The minimum atomic E-state index is -3.07. The third-order valence-electron chi connectivity index (χ3n) is 7.44. The van der Waals surface area contributed by atoms with Crippen molar-refractivity contribution >= 4 is 26.2 Å². The van der Waals surface area contributed by atoms with Gasteiger partial charge in [-0.05, 0) is 98.6 Å². The Morgan fingerprint density at radius 2 is 1.73 bits per heavy atom. The van der Waals surface area contributed by atoms with Gasteiger partial charge in [0.1, 0.15) is 29.6 Å². The zero-order valence-corrected chi connectivity index (χ0v) is 22.2. The number of ether oxygens (including phenoxy) is 2. The topological polar surface area (TPSA) is 76.1 Å². The molecule has 3 aromatic carbocycles. The molecule has 1 aliphatic carbocycles. The van der Waals surface area contributed by atoms with Crippen molar-refractivity contribution in [3.8, 4) is 23.0 Å². The Morgan fingerprint density at radius 3 is 2.43 bits per heavy atom. The fourth-order valence-electron chi connectivity index (χ4n) is 5.29. The van der Waals surface area contributed by atoms with Gasteiger partial charge in [-0.1, -0.05) is 24.6 Å². The predicted molar refractivity (Wildman–Crippen MR) is 148 cm³/mol. The summed E-state index contributed by atoms with van der Waals surface area (Å²) in [7, 11) is -3.07. The zero-order chi connectivity index (χ0) is 25.8. The maximum absolute atomic E-state index is 12.0. The van der Waals surface area contributed by atoms with Gasteiger partial charge in [0, 0.05) is 23.8 Å². The third kappa shape index (κ3) is 6.28. The molecule has 0 bridgehead atoms. The molecule has 1 heterocycles. The SMILES string of the molecule is CS(=O)(=O)[C@H]1CC=C(c2ccc3cc(O)ccc3c2Oc2ccc(OCCN3CCCCC3)cc2)CC1. The molecular formula is C30H35NO5S. The van der Waals surface area contributed by atoms with Crippen molar-refractivity contribution in [2.75, 3.05) is 32.5 Å². The van der Waals surface area contributed by atoms with Crippen LogP contribution in [-0.4, -0.2) is 56.2 Å². The highest BCUT2D eigenvalue weighted by Crippen LogP contribution is 2.41. The van der Waals surface area contributed by atoms with Gasteiger partial charge in [-0.25, -0.2) is 8.42 Å².